The molecule has 0 amide bonds. The molecule has 4 nitrogen and oxygen atoms in total. The Kier molecular flexibility index (Phi) is 2.73. The van der Waals surface area contributed by atoms with Crippen LogP contribution in [0.15, 0.2) is 59.9 Å². The Morgan fingerprint density at radius 3 is 2.82 bits per heavy atom. The number of nitrogens with two attached hydrogens (primary N) is 1. The monoisotopic (exact) mass is 309 g/mol. The van der Waals surface area contributed by atoms with Gasteiger partial charge < -0.3 is 10.8 Å². The molecule has 1 atom stereocenters. The minimum atomic E-state index is -1.50. The van der Waals surface area contributed by atoms with E-state index in [0.717, 1.165) is 10.8 Å². The molecule has 0 radical (unpaired) electrons. The molecule has 0 bridgehead atoms. The van der Waals surface area contributed by atoms with Crippen molar-refractivity contribution in [2.24, 2.45) is 10.7 Å². The number of aromatic nitrogens is 1. The molecule has 1 aromatic heterocycles. The van der Waals surface area contributed by atoms with E-state index >= 15 is 0 Å². The Bertz CT molecular complexity index is 933. The first kappa shape index (κ1) is 13.2. The highest BCUT2D eigenvalue weighted by molar-refractivity contribution is 6.30. The van der Waals surface area contributed by atoms with Crippen LogP contribution in [0.25, 0.3) is 10.8 Å². The predicted molar refractivity (Wildman–Crippen MR) is 87.5 cm³/mol. The minimum absolute atomic E-state index is 0.140. The lowest BCUT2D eigenvalue weighted by molar-refractivity contribution is 0.160. The van der Waals surface area contributed by atoms with Crippen LogP contribution >= 0.6 is 11.6 Å². The van der Waals surface area contributed by atoms with E-state index in [-0.39, 0.29) is 5.84 Å². The zero-order chi connectivity index (χ0) is 15.3. The molecule has 1 aliphatic heterocycles. The topological polar surface area (TPSA) is 71.5 Å². The standard InChI is InChI=1S/C17H12ClN3O/c18-11-4-5-15-14(8-11)17(22,16(19)21-15)13-3-1-2-10-6-7-20-9-12(10)13/h1-9,22H,(H2,19,21). The molecule has 22 heavy (non-hydrogen) atoms. The van der Waals surface area contributed by atoms with Crippen molar-refractivity contribution in [3.05, 3.63) is 71.0 Å². The first-order chi connectivity index (χ1) is 10.6. The molecular weight excluding hydrogens is 298 g/mol. The van der Waals surface area contributed by atoms with Gasteiger partial charge in [-0.1, -0.05) is 29.8 Å². The Labute approximate surface area is 131 Å². The quantitative estimate of drug-likeness (QED) is 0.725. The summed E-state index contributed by atoms with van der Waals surface area (Å²) in [6, 6.07) is 12.8. The van der Waals surface area contributed by atoms with Gasteiger partial charge in [-0.25, -0.2) is 4.99 Å². The molecule has 108 valence electrons. The molecule has 1 unspecified atom stereocenters. The number of aliphatic imine (C=N–C) groups is 1. The fourth-order valence-corrected chi connectivity index (χ4v) is 3.13. The molecule has 3 N–H and O–H groups in total. The van der Waals surface area contributed by atoms with Gasteiger partial charge in [0, 0.05) is 33.9 Å². The molecular formula is C17H12ClN3O. The molecule has 2 heterocycles. The van der Waals surface area contributed by atoms with Crippen LogP contribution in [0, 0.1) is 0 Å². The maximum atomic E-state index is 11.4. The van der Waals surface area contributed by atoms with Gasteiger partial charge in [0.25, 0.3) is 0 Å². The van der Waals surface area contributed by atoms with Crippen LogP contribution < -0.4 is 5.73 Å². The van der Waals surface area contributed by atoms with Crippen LogP contribution in [0.1, 0.15) is 11.1 Å². The molecule has 2 aromatic carbocycles. The second-order valence-corrected chi connectivity index (χ2v) is 5.71. The lowest BCUT2D eigenvalue weighted by Crippen LogP contribution is -2.39. The summed E-state index contributed by atoms with van der Waals surface area (Å²) in [7, 11) is 0. The summed E-state index contributed by atoms with van der Waals surface area (Å²) in [5, 5.41) is 13.7. The average Bonchev–Trinajstić information content (AvgIpc) is 2.79. The Morgan fingerprint density at radius 2 is 1.95 bits per heavy atom. The van der Waals surface area contributed by atoms with Gasteiger partial charge in [-0.15, -0.1) is 0 Å². The first-order valence-electron chi connectivity index (χ1n) is 6.81. The van der Waals surface area contributed by atoms with Crippen molar-refractivity contribution in [3.8, 4) is 0 Å². The van der Waals surface area contributed by atoms with Crippen molar-refractivity contribution in [2.45, 2.75) is 5.60 Å². The molecule has 0 spiro atoms. The predicted octanol–water partition coefficient (Wildman–Crippen LogP) is 3.13. The summed E-state index contributed by atoms with van der Waals surface area (Å²) in [6.45, 7) is 0. The minimum Gasteiger partial charge on any atom is -0.384 e. The number of rotatable bonds is 1. The number of fused-ring (bicyclic) bond motifs is 2. The van der Waals surface area contributed by atoms with Gasteiger partial charge in [-0.05, 0) is 29.7 Å². The number of benzene rings is 2. The maximum Gasteiger partial charge on any atom is 0.175 e. The highest BCUT2D eigenvalue weighted by Gasteiger charge is 2.43. The van der Waals surface area contributed by atoms with Gasteiger partial charge in [0.15, 0.2) is 5.60 Å². The van der Waals surface area contributed by atoms with E-state index < -0.39 is 5.60 Å². The van der Waals surface area contributed by atoms with Crippen molar-refractivity contribution >= 4 is 33.9 Å². The SMILES string of the molecule is NC1=Nc2ccc(Cl)cc2C1(O)c1cccc2ccncc12. The van der Waals surface area contributed by atoms with E-state index in [4.69, 9.17) is 17.3 Å². The van der Waals surface area contributed by atoms with Gasteiger partial charge in [-0.3, -0.25) is 4.98 Å². The van der Waals surface area contributed by atoms with E-state index in [0.29, 0.717) is 21.8 Å². The molecule has 1 aliphatic rings. The maximum absolute atomic E-state index is 11.4. The van der Waals surface area contributed by atoms with Gasteiger partial charge in [0.05, 0.1) is 5.69 Å². The Balaban J connectivity index is 2.07. The van der Waals surface area contributed by atoms with Crippen molar-refractivity contribution in [1.29, 1.82) is 0 Å². The summed E-state index contributed by atoms with van der Waals surface area (Å²) in [4.78, 5) is 8.45. The van der Waals surface area contributed by atoms with Crippen LogP contribution in [0.2, 0.25) is 5.02 Å². The lowest BCUT2D eigenvalue weighted by Gasteiger charge is -2.26. The number of hydrogen-bond donors (Lipinski definition) is 2. The molecule has 5 heteroatoms. The van der Waals surface area contributed by atoms with E-state index in [1.807, 2.05) is 24.3 Å². The third kappa shape index (κ3) is 1.68. The molecule has 0 fully saturated rings. The van der Waals surface area contributed by atoms with Crippen LogP contribution in [0.5, 0.6) is 0 Å². The normalized spacial score (nSPS) is 20.0. The lowest BCUT2D eigenvalue weighted by atomic mass is 9.84. The number of hydrogen-bond acceptors (Lipinski definition) is 4. The molecule has 3 aromatic rings. The number of pyridine rings is 1. The Morgan fingerprint density at radius 1 is 1.09 bits per heavy atom. The zero-order valence-electron chi connectivity index (χ0n) is 11.5. The van der Waals surface area contributed by atoms with E-state index in [1.54, 1.807) is 30.6 Å². The summed E-state index contributed by atoms with van der Waals surface area (Å²) in [5.41, 5.74) is 6.45. The van der Waals surface area contributed by atoms with Crippen LogP contribution in [0.4, 0.5) is 5.69 Å². The smallest absolute Gasteiger partial charge is 0.175 e. The zero-order valence-corrected chi connectivity index (χ0v) is 12.2. The van der Waals surface area contributed by atoms with E-state index in [2.05, 4.69) is 9.98 Å². The van der Waals surface area contributed by atoms with E-state index in [1.165, 1.54) is 0 Å². The summed E-state index contributed by atoms with van der Waals surface area (Å²) in [5.74, 6) is 0.140. The third-order valence-corrected chi connectivity index (χ3v) is 4.27. The van der Waals surface area contributed by atoms with Gasteiger partial charge >= 0.3 is 0 Å². The summed E-state index contributed by atoms with van der Waals surface area (Å²) < 4.78 is 0. The number of amidine groups is 1. The van der Waals surface area contributed by atoms with Crippen LogP contribution in [-0.2, 0) is 5.60 Å². The second-order valence-electron chi connectivity index (χ2n) is 5.27. The van der Waals surface area contributed by atoms with Gasteiger partial charge in [0.2, 0.25) is 0 Å². The number of aliphatic hydroxyl groups is 1. The highest BCUT2D eigenvalue weighted by atomic mass is 35.5. The number of halogens is 1. The molecule has 4 rings (SSSR count). The second kappa shape index (κ2) is 4.53. The van der Waals surface area contributed by atoms with Crippen molar-refractivity contribution < 1.29 is 5.11 Å². The van der Waals surface area contributed by atoms with Gasteiger partial charge in [-0.2, -0.15) is 0 Å². The van der Waals surface area contributed by atoms with Crippen molar-refractivity contribution in [3.63, 3.8) is 0 Å². The molecule has 0 saturated carbocycles. The fourth-order valence-electron chi connectivity index (χ4n) is 2.96. The average molecular weight is 310 g/mol. The van der Waals surface area contributed by atoms with Crippen LogP contribution in [0.3, 0.4) is 0 Å². The summed E-state index contributed by atoms with van der Waals surface area (Å²) in [6.07, 6.45) is 3.44. The van der Waals surface area contributed by atoms with Gasteiger partial charge in [0.1, 0.15) is 5.84 Å². The third-order valence-electron chi connectivity index (χ3n) is 4.03. The van der Waals surface area contributed by atoms with Crippen molar-refractivity contribution in [1.82, 2.24) is 4.98 Å². The van der Waals surface area contributed by atoms with Crippen LogP contribution in [-0.4, -0.2) is 15.9 Å². The summed E-state index contributed by atoms with van der Waals surface area (Å²) >= 11 is 6.09. The molecule has 0 saturated heterocycles. The molecule has 0 aliphatic carbocycles. The first-order valence-corrected chi connectivity index (χ1v) is 7.19. The largest absolute Gasteiger partial charge is 0.384 e. The van der Waals surface area contributed by atoms with E-state index in [9.17, 15) is 5.11 Å². The number of nitrogens with zero attached hydrogens (tertiary/aromatic N) is 2. The highest BCUT2D eigenvalue weighted by Crippen LogP contribution is 2.44. The fraction of sp³-hybridized carbons (Fsp3) is 0.0588. The van der Waals surface area contributed by atoms with Crippen molar-refractivity contribution in [2.75, 3.05) is 0 Å². The Hall–Kier alpha value is -2.43.